The van der Waals surface area contributed by atoms with Crippen molar-refractivity contribution in [2.24, 2.45) is 5.92 Å². The highest BCUT2D eigenvalue weighted by Crippen LogP contribution is 2.32. The molecule has 4 heteroatoms. The molecule has 0 aromatic carbocycles. The summed E-state index contributed by atoms with van der Waals surface area (Å²) in [5.74, 6) is 1.90. The number of fused-ring (bicyclic) bond motifs is 1. The Hall–Kier alpha value is -1.16. The lowest BCUT2D eigenvalue weighted by Crippen LogP contribution is -2.64. The molecule has 1 aromatic heterocycles. The topological polar surface area (TPSA) is 41.1 Å². The second-order valence-electron chi connectivity index (χ2n) is 4.49. The maximum atomic E-state index is 4.43. The Bertz CT molecular complexity index is 348. The highest BCUT2D eigenvalue weighted by molar-refractivity contribution is 5.42. The zero-order valence-corrected chi connectivity index (χ0v) is 8.98. The van der Waals surface area contributed by atoms with Crippen LogP contribution >= 0.6 is 0 Å². The molecule has 0 bridgehead atoms. The molecule has 0 spiro atoms. The lowest BCUT2D eigenvalue weighted by molar-refractivity contribution is 0.227. The van der Waals surface area contributed by atoms with Crippen molar-refractivity contribution in [3.63, 3.8) is 0 Å². The third-order valence-electron chi connectivity index (χ3n) is 3.48. The molecule has 2 aliphatic rings. The molecule has 80 valence electrons. The van der Waals surface area contributed by atoms with Crippen LogP contribution < -0.4 is 10.2 Å². The Balaban J connectivity index is 1.76. The fourth-order valence-electron chi connectivity index (χ4n) is 2.52. The van der Waals surface area contributed by atoms with Crippen molar-refractivity contribution in [2.75, 3.05) is 24.5 Å². The average molecular weight is 204 g/mol. The van der Waals surface area contributed by atoms with Crippen LogP contribution in [0, 0.1) is 12.8 Å². The molecule has 0 unspecified atom stereocenters. The van der Waals surface area contributed by atoms with E-state index in [1.54, 1.807) is 0 Å². The summed E-state index contributed by atoms with van der Waals surface area (Å²) in [5.41, 5.74) is 0.984. The largest absolute Gasteiger partial charge is 0.350 e. The van der Waals surface area contributed by atoms with E-state index in [-0.39, 0.29) is 0 Å². The van der Waals surface area contributed by atoms with Gasteiger partial charge < -0.3 is 10.2 Å². The van der Waals surface area contributed by atoms with Crippen LogP contribution in [0.4, 0.5) is 5.82 Å². The summed E-state index contributed by atoms with van der Waals surface area (Å²) in [6, 6.07) is 0.649. The lowest BCUT2D eigenvalue weighted by Gasteiger charge is -2.51. The Labute approximate surface area is 89.7 Å². The van der Waals surface area contributed by atoms with Gasteiger partial charge >= 0.3 is 0 Å². The Kier molecular flexibility index (Phi) is 2.09. The minimum atomic E-state index is 0.649. The van der Waals surface area contributed by atoms with Gasteiger partial charge in [0, 0.05) is 19.1 Å². The van der Waals surface area contributed by atoms with E-state index in [4.69, 9.17) is 0 Å². The smallest absolute Gasteiger partial charge is 0.147 e. The van der Waals surface area contributed by atoms with Crippen molar-refractivity contribution in [3.8, 4) is 0 Å². The molecular formula is C11H16N4. The van der Waals surface area contributed by atoms with Gasteiger partial charge in [0.2, 0.25) is 0 Å². The first kappa shape index (κ1) is 9.09. The monoisotopic (exact) mass is 204 g/mol. The molecule has 2 aliphatic heterocycles. The summed E-state index contributed by atoms with van der Waals surface area (Å²) in [5, 5.41) is 3.44. The van der Waals surface area contributed by atoms with Crippen LogP contribution in [0.2, 0.25) is 0 Å². The van der Waals surface area contributed by atoms with Crippen molar-refractivity contribution < 1.29 is 0 Å². The van der Waals surface area contributed by atoms with Crippen molar-refractivity contribution in [1.29, 1.82) is 0 Å². The molecule has 0 amide bonds. The van der Waals surface area contributed by atoms with Gasteiger partial charge in [-0.05, 0) is 25.8 Å². The second-order valence-corrected chi connectivity index (χ2v) is 4.49. The minimum Gasteiger partial charge on any atom is -0.350 e. The van der Waals surface area contributed by atoms with E-state index in [1.165, 1.54) is 13.0 Å². The number of hydrogen-bond donors (Lipinski definition) is 1. The Morgan fingerprint density at radius 1 is 1.40 bits per heavy atom. The van der Waals surface area contributed by atoms with Gasteiger partial charge in [-0.2, -0.15) is 0 Å². The average Bonchev–Trinajstić information content (AvgIpc) is 2.23. The van der Waals surface area contributed by atoms with Gasteiger partial charge in [-0.3, -0.25) is 4.98 Å². The van der Waals surface area contributed by atoms with Crippen LogP contribution in [0.5, 0.6) is 0 Å². The van der Waals surface area contributed by atoms with Gasteiger partial charge in [0.1, 0.15) is 5.82 Å². The highest BCUT2D eigenvalue weighted by atomic mass is 15.3. The molecule has 0 saturated carbocycles. The van der Waals surface area contributed by atoms with Crippen molar-refractivity contribution >= 4 is 5.82 Å². The predicted molar refractivity (Wildman–Crippen MR) is 58.9 cm³/mol. The number of nitrogens with one attached hydrogen (secondary N) is 1. The number of piperidine rings is 1. The maximum Gasteiger partial charge on any atom is 0.147 e. The summed E-state index contributed by atoms with van der Waals surface area (Å²) in [6.45, 7) is 5.40. The lowest BCUT2D eigenvalue weighted by atomic mass is 9.83. The van der Waals surface area contributed by atoms with Crippen LogP contribution in [0.25, 0.3) is 0 Å². The zero-order valence-electron chi connectivity index (χ0n) is 8.98. The molecule has 3 heterocycles. The van der Waals surface area contributed by atoms with Gasteiger partial charge in [0.25, 0.3) is 0 Å². The molecule has 4 nitrogen and oxygen atoms in total. The number of hydrogen-bond acceptors (Lipinski definition) is 4. The molecule has 15 heavy (non-hydrogen) atoms. The van der Waals surface area contributed by atoms with Crippen molar-refractivity contribution in [2.45, 2.75) is 19.4 Å². The molecule has 1 aromatic rings. The molecule has 1 N–H and O–H groups in total. The minimum absolute atomic E-state index is 0.649. The molecule has 2 fully saturated rings. The van der Waals surface area contributed by atoms with Gasteiger partial charge in [0.15, 0.2) is 0 Å². The number of aromatic nitrogens is 2. The molecule has 2 saturated heterocycles. The number of aryl methyl sites for hydroxylation is 1. The molecular weight excluding hydrogens is 188 g/mol. The van der Waals surface area contributed by atoms with Gasteiger partial charge in [-0.1, -0.05) is 0 Å². The first-order valence-electron chi connectivity index (χ1n) is 5.60. The third-order valence-corrected chi connectivity index (χ3v) is 3.48. The van der Waals surface area contributed by atoms with E-state index < -0.39 is 0 Å². The highest BCUT2D eigenvalue weighted by Gasteiger charge is 2.40. The van der Waals surface area contributed by atoms with E-state index in [2.05, 4.69) is 20.2 Å². The van der Waals surface area contributed by atoms with Gasteiger partial charge in [-0.15, -0.1) is 0 Å². The fraction of sp³-hybridized carbons (Fsp3) is 0.636. The van der Waals surface area contributed by atoms with Crippen LogP contribution in [-0.2, 0) is 0 Å². The number of nitrogens with zero attached hydrogens (tertiary/aromatic N) is 3. The van der Waals surface area contributed by atoms with Crippen LogP contribution in [0.15, 0.2) is 12.4 Å². The first-order chi connectivity index (χ1) is 7.34. The SMILES string of the molecule is Cc1cnc(N2C[C@@H]3CCNC[C@@H]32)cn1. The first-order valence-corrected chi connectivity index (χ1v) is 5.60. The molecule has 2 atom stereocenters. The van der Waals surface area contributed by atoms with Crippen LogP contribution in [0.3, 0.4) is 0 Å². The van der Waals surface area contributed by atoms with E-state index in [0.717, 1.165) is 30.5 Å². The number of rotatable bonds is 1. The third kappa shape index (κ3) is 1.49. The van der Waals surface area contributed by atoms with Crippen molar-refractivity contribution in [1.82, 2.24) is 15.3 Å². The summed E-state index contributed by atoms with van der Waals surface area (Å²) < 4.78 is 0. The van der Waals surface area contributed by atoms with E-state index in [0.29, 0.717) is 6.04 Å². The zero-order chi connectivity index (χ0) is 10.3. The van der Waals surface area contributed by atoms with Crippen LogP contribution in [0.1, 0.15) is 12.1 Å². The normalized spacial score (nSPS) is 29.5. The summed E-state index contributed by atoms with van der Waals surface area (Å²) in [4.78, 5) is 11.1. The second kappa shape index (κ2) is 3.45. The van der Waals surface area contributed by atoms with E-state index >= 15 is 0 Å². The maximum absolute atomic E-state index is 4.43. The Morgan fingerprint density at radius 3 is 3.07 bits per heavy atom. The van der Waals surface area contributed by atoms with Crippen molar-refractivity contribution in [3.05, 3.63) is 18.1 Å². The fourth-order valence-corrected chi connectivity index (χ4v) is 2.52. The Morgan fingerprint density at radius 2 is 2.33 bits per heavy atom. The van der Waals surface area contributed by atoms with Gasteiger partial charge in [0.05, 0.1) is 18.1 Å². The summed E-state index contributed by atoms with van der Waals surface area (Å²) in [6.07, 6.45) is 5.04. The predicted octanol–water partition coefficient (Wildman–Crippen LogP) is 0.583. The number of anilines is 1. The summed E-state index contributed by atoms with van der Waals surface area (Å²) in [7, 11) is 0. The molecule has 0 radical (unpaired) electrons. The molecule has 3 rings (SSSR count). The molecule has 0 aliphatic carbocycles. The van der Waals surface area contributed by atoms with E-state index in [1.807, 2.05) is 19.3 Å². The summed E-state index contributed by atoms with van der Waals surface area (Å²) >= 11 is 0. The quantitative estimate of drug-likeness (QED) is 0.726. The van der Waals surface area contributed by atoms with Crippen LogP contribution in [-0.4, -0.2) is 35.6 Å². The van der Waals surface area contributed by atoms with E-state index in [9.17, 15) is 0 Å². The van der Waals surface area contributed by atoms with Gasteiger partial charge in [-0.25, -0.2) is 4.98 Å². The standard InChI is InChI=1S/C11H16N4/c1-8-4-14-11(6-13-8)15-7-9-2-3-12-5-10(9)15/h4,6,9-10,12H,2-3,5,7H2,1H3/t9-,10-/m0/s1.